The first-order chi connectivity index (χ1) is 5.84. The lowest BCUT2D eigenvalue weighted by Crippen LogP contribution is -2.18. The molecule has 4 nitrogen and oxygen atoms in total. The third kappa shape index (κ3) is 1.92. The van der Waals surface area contributed by atoms with Crippen LogP contribution in [0.4, 0.5) is 0 Å². The van der Waals surface area contributed by atoms with Crippen molar-refractivity contribution in [3.05, 3.63) is 28.4 Å². The molecule has 1 aromatic heterocycles. The predicted molar refractivity (Wildman–Crippen MR) is 44.7 cm³/mol. The number of rotatable bonds is 3. The molecular weight excluding hydrogens is 154 g/mol. The third-order valence-corrected chi connectivity index (χ3v) is 1.88. The maximum Gasteiger partial charge on any atom is 0.250 e. The van der Waals surface area contributed by atoms with Crippen LogP contribution in [0.1, 0.15) is 18.5 Å². The first kappa shape index (κ1) is 7.49. The van der Waals surface area contributed by atoms with Crippen molar-refractivity contribution in [2.75, 3.05) is 0 Å². The minimum atomic E-state index is -0.0856. The smallest absolute Gasteiger partial charge is 0.250 e. The molecule has 0 aliphatic heterocycles. The van der Waals surface area contributed by atoms with Crippen molar-refractivity contribution in [3.8, 4) is 0 Å². The Bertz CT molecular complexity index is 316. The van der Waals surface area contributed by atoms with Crippen molar-refractivity contribution < 1.29 is 0 Å². The number of nitrogens with zero attached hydrogens (tertiary/aromatic N) is 1. The lowest BCUT2D eigenvalue weighted by Gasteiger charge is -1.99. The van der Waals surface area contributed by atoms with Gasteiger partial charge in [-0.25, -0.2) is 4.98 Å². The van der Waals surface area contributed by atoms with Gasteiger partial charge in [-0.3, -0.25) is 4.79 Å². The highest BCUT2D eigenvalue weighted by molar-refractivity contribution is 4.98. The SMILES string of the molecule is O=c1cc(CNC2CC2)nc[nH]1. The Balaban J connectivity index is 1.97. The molecule has 12 heavy (non-hydrogen) atoms. The topological polar surface area (TPSA) is 57.8 Å². The number of aromatic amines is 1. The summed E-state index contributed by atoms with van der Waals surface area (Å²) in [6.45, 7) is 0.703. The maximum atomic E-state index is 10.8. The molecule has 2 N–H and O–H groups in total. The predicted octanol–water partition coefficient (Wildman–Crippen LogP) is 0.0219. The van der Waals surface area contributed by atoms with E-state index in [0.29, 0.717) is 12.6 Å². The van der Waals surface area contributed by atoms with Gasteiger partial charge in [0.2, 0.25) is 0 Å². The monoisotopic (exact) mass is 165 g/mol. The summed E-state index contributed by atoms with van der Waals surface area (Å²) in [5.74, 6) is 0. The van der Waals surface area contributed by atoms with Crippen LogP contribution in [0.15, 0.2) is 17.2 Å². The summed E-state index contributed by atoms with van der Waals surface area (Å²) in [4.78, 5) is 17.3. The second kappa shape index (κ2) is 3.06. The van der Waals surface area contributed by atoms with Gasteiger partial charge in [-0.05, 0) is 12.8 Å². The average Bonchev–Trinajstić information content (AvgIpc) is 2.84. The molecule has 64 valence electrons. The molecular formula is C8H11N3O. The second-order valence-electron chi connectivity index (χ2n) is 3.06. The zero-order valence-electron chi connectivity index (χ0n) is 6.71. The Morgan fingerprint density at radius 1 is 1.67 bits per heavy atom. The molecule has 0 bridgehead atoms. The normalized spacial score (nSPS) is 16.3. The molecule has 1 fully saturated rings. The van der Waals surface area contributed by atoms with Crippen molar-refractivity contribution in [2.45, 2.75) is 25.4 Å². The Labute approximate surface area is 70.0 Å². The zero-order chi connectivity index (χ0) is 8.39. The molecule has 0 atom stereocenters. The van der Waals surface area contributed by atoms with Gasteiger partial charge in [0.1, 0.15) is 0 Å². The molecule has 2 rings (SSSR count). The van der Waals surface area contributed by atoms with Gasteiger partial charge in [-0.2, -0.15) is 0 Å². The Morgan fingerprint density at radius 2 is 2.50 bits per heavy atom. The fourth-order valence-electron chi connectivity index (χ4n) is 1.04. The first-order valence-electron chi connectivity index (χ1n) is 4.11. The summed E-state index contributed by atoms with van der Waals surface area (Å²) in [6.07, 6.45) is 3.94. The highest BCUT2D eigenvalue weighted by atomic mass is 16.1. The van der Waals surface area contributed by atoms with Crippen LogP contribution in [0, 0.1) is 0 Å². The molecule has 0 saturated heterocycles. The Morgan fingerprint density at radius 3 is 3.17 bits per heavy atom. The highest BCUT2D eigenvalue weighted by Gasteiger charge is 2.19. The quantitative estimate of drug-likeness (QED) is 0.664. The van der Waals surface area contributed by atoms with Gasteiger partial charge >= 0.3 is 0 Å². The van der Waals surface area contributed by atoms with Crippen molar-refractivity contribution in [1.82, 2.24) is 15.3 Å². The molecule has 0 aromatic carbocycles. The fraction of sp³-hybridized carbons (Fsp3) is 0.500. The molecule has 0 radical (unpaired) electrons. The van der Waals surface area contributed by atoms with E-state index in [9.17, 15) is 4.79 Å². The van der Waals surface area contributed by atoms with Gasteiger partial charge in [0, 0.05) is 18.7 Å². The van der Waals surface area contributed by atoms with Gasteiger partial charge in [0.05, 0.1) is 12.0 Å². The van der Waals surface area contributed by atoms with Gasteiger partial charge in [-0.1, -0.05) is 0 Å². The van der Waals surface area contributed by atoms with E-state index in [1.165, 1.54) is 25.2 Å². The average molecular weight is 165 g/mol. The van der Waals surface area contributed by atoms with Crippen LogP contribution in [-0.4, -0.2) is 16.0 Å². The van der Waals surface area contributed by atoms with E-state index in [1.54, 1.807) is 0 Å². The minimum absolute atomic E-state index is 0.0856. The van der Waals surface area contributed by atoms with E-state index < -0.39 is 0 Å². The summed E-state index contributed by atoms with van der Waals surface area (Å²) in [6, 6.07) is 2.18. The molecule has 1 aliphatic rings. The van der Waals surface area contributed by atoms with Crippen LogP contribution >= 0.6 is 0 Å². The standard InChI is InChI=1S/C8H11N3O/c12-8-3-7(10-5-11-8)4-9-6-1-2-6/h3,5-6,9H,1-2,4H2,(H,10,11,12). The van der Waals surface area contributed by atoms with Crippen LogP contribution in [0.3, 0.4) is 0 Å². The van der Waals surface area contributed by atoms with Crippen LogP contribution in [0.5, 0.6) is 0 Å². The second-order valence-corrected chi connectivity index (χ2v) is 3.06. The molecule has 1 aromatic rings. The lowest BCUT2D eigenvalue weighted by molar-refractivity contribution is 0.671. The molecule has 4 heteroatoms. The summed E-state index contributed by atoms with van der Waals surface area (Å²) in [5, 5.41) is 3.28. The van der Waals surface area contributed by atoms with Crippen molar-refractivity contribution >= 4 is 0 Å². The number of hydrogen-bond donors (Lipinski definition) is 2. The van der Waals surface area contributed by atoms with E-state index >= 15 is 0 Å². The van der Waals surface area contributed by atoms with Gasteiger partial charge < -0.3 is 10.3 Å². The fourth-order valence-corrected chi connectivity index (χ4v) is 1.04. The largest absolute Gasteiger partial charge is 0.313 e. The summed E-state index contributed by atoms with van der Waals surface area (Å²) < 4.78 is 0. The minimum Gasteiger partial charge on any atom is -0.313 e. The first-order valence-corrected chi connectivity index (χ1v) is 4.11. The molecule has 1 aliphatic carbocycles. The van der Waals surface area contributed by atoms with E-state index in [1.807, 2.05) is 0 Å². The number of hydrogen-bond acceptors (Lipinski definition) is 3. The molecule has 0 amide bonds. The number of aromatic nitrogens is 2. The van der Waals surface area contributed by atoms with Crippen LogP contribution in [0.2, 0.25) is 0 Å². The Hall–Kier alpha value is -1.16. The van der Waals surface area contributed by atoms with E-state index in [2.05, 4.69) is 15.3 Å². The number of nitrogens with one attached hydrogen (secondary N) is 2. The lowest BCUT2D eigenvalue weighted by atomic mass is 10.4. The van der Waals surface area contributed by atoms with Crippen LogP contribution < -0.4 is 10.9 Å². The van der Waals surface area contributed by atoms with Gasteiger partial charge in [-0.15, -0.1) is 0 Å². The highest BCUT2D eigenvalue weighted by Crippen LogP contribution is 2.18. The summed E-state index contributed by atoms with van der Waals surface area (Å²) in [7, 11) is 0. The van der Waals surface area contributed by atoms with E-state index in [-0.39, 0.29) is 5.56 Å². The molecule has 0 unspecified atom stereocenters. The maximum absolute atomic E-state index is 10.8. The molecule has 0 spiro atoms. The van der Waals surface area contributed by atoms with E-state index in [0.717, 1.165) is 5.69 Å². The summed E-state index contributed by atoms with van der Waals surface area (Å²) >= 11 is 0. The zero-order valence-corrected chi connectivity index (χ0v) is 6.71. The molecule has 1 heterocycles. The van der Waals surface area contributed by atoms with Crippen molar-refractivity contribution in [1.29, 1.82) is 0 Å². The van der Waals surface area contributed by atoms with Gasteiger partial charge in [0.25, 0.3) is 5.56 Å². The van der Waals surface area contributed by atoms with Crippen molar-refractivity contribution in [2.24, 2.45) is 0 Å². The third-order valence-electron chi connectivity index (χ3n) is 1.88. The van der Waals surface area contributed by atoms with E-state index in [4.69, 9.17) is 0 Å². The van der Waals surface area contributed by atoms with Crippen LogP contribution in [0.25, 0.3) is 0 Å². The number of H-pyrrole nitrogens is 1. The molecule has 1 saturated carbocycles. The van der Waals surface area contributed by atoms with Crippen LogP contribution in [-0.2, 0) is 6.54 Å². The Kier molecular flexibility index (Phi) is 1.91. The summed E-state index contributed by atoms with van der Waals surface area (Å²) in [5.41, 5.74) is 0.725. The van der Waals surface area contributed by atoms with Crippen molar-refractivity contribution in [3.63, 3.8) is 0 Å². The van der Waals surface area contributed by atoms with Gasteiger partial charge in [0.15, 0.2) is 0 Å².